The van der Waals surface area contributed by atoms with Crippen LogP contribution in [0.25, 0.3) is 0 Å². The minimum Gasteiger partial charge on any atom is -0.382 e. The van der Waals surface area contributed by atoms with Gasteiger partial charge >= 0.3 is 0 Å². The number of nitrogen functional groups attached to an aromatic ring is 1. The van der Waals surface area contributed by atoms with Crippen LogP contribution in [0.5, 0.6) is 0 Å². The molecule has 0 radical (unpaired) electrons. The van der Waals surface area contributed by atoms with Crippen LogP contribution in [0, 0.1) is 0 Å². The maximum atomic E-state index is 12.2. The third kappa shape index (κ3) is 3.60. The summed E-state index contributed by atoms with van der Waals surface area (Å²) >= 11 is 1.20. The number of likely N-dealkylation sites (N-methyl/N-ethyl adjacent to an activating group) is 1. The SMILES string of the molecule is CCNc1nc(N)c(C(=O)N(C)CC(=O)NC2CC2)s1. The summed E-state index contributed by atoms with van der Waals surface area (Å²) in [5.74, 6) is -0.223. The van der Waals surface area contributed by atoms with E-state index in [0.29, 0.717) is 22.6 Å². The van der Waals surface area contributed by atoms with Crippen molar-refractivity contribution < 1.29 is 9.59 Å². The number of aromatic nitrogens is 1. The number of nitrogens with two attached hydrogens (primary N) is 1. The predicted octanol–water partition coefficient (Wildman–Crippen LogP) is 0.508. The first-order valence-electron chi connectivity index (χ1n) is 6.56. The zero-order valence-electron chi connectivity index (χ0n) is 11.6. The van der Waals surface area contributed by atoms with E-state index in [-0.39, 0.29) is 24.2 Å². The lowest BCUT2D eigenvalue weighted by Crippen LogP contribution is -2.39. The molecule has 0 aliphatic heterocycles. The average molecular weight is 297 g/mol. The van der Waals surface area contributed by atoms with Crippen molar-refractivity contribution in [3.63, 3.8) is 0 Å². The van der Waals surface area contributed by atoms with Gasteiger partial charge in [0.05, 0.1) is 6.54 Å². The first-order chi connectivity index (χ1) is 9.51. The van der Waals surface area contributed by atoms with Crippen molar-refractivity contribution in [2.24, 2.45) is 0 Å². The third-order valence-electron chi connectivity index (χ3n) is 2.85. The molecule has 0 bridgehead atoms. The maximum Gasteiger partial charge on any atom is 0.268 e. The Hall–Kier alpha value is -1.83. The molecule has 0 spiro atoms. The summed E-state index contributed by atoms with van der Waals surface area (Å²) in [6.45, 7) is 2.68. The van der Waals surface area contributed by atoms with Gasteiger partial charge in [-0.15, -0.1) is 0 Å². The van der Waals surface area contributed by atoms with Gasteiger partial charge in [-0.2, -0.15) is 0 Å². The Kier molecular flexibility index (Phi) is 4.43. The number of anilines is 2. The normalized spacial score (nSPS) is 13.9. The largest absolute Gasteiger partial charge is 0.382 e. The molecule has 0 atom stereocenters. The zero-order chi connectivity index (χ0) is 14.7. The Bertz CT molecular complexity index is 512. The molecular weight excluding hydrogens is 278 g/mol. The second-order valence-electron chi connectivity index (χ2n) is 4.77. The summed E-state index contributed by atoms with van der Waals surface area (Å²) in [7, 11) is 1.58. The number of nitrogens with one attached hydrogen (secondary N) is 2. The standard InChI is InChI=1S/C12H19N5O2S/c1-3-14-12-16-10(13)9(20-12)11(19)17(2)6-8(18)15-7-4-5-7/h7H,3-6,13H2,1-2H3,(H,14,16)(H,15,18). The van der Waals surface area contributed by atoms with E-state index < -0.39 is 0 Å². The van der Waals surface area contributed by atoms with Crippen molar-refractivity contribution in [2.75, 3.05) is 31.2 Å². The molecule has 0 unspecified atom stereocenters. The van der Waals surface area contributed by atoms with Crippen LogP contribution in [-0.4, -0.2) is 47.9 Å². The van der Waals surface area contributed by atoms with Crippen LogP contribution in [0.1, 0.15) is 29.4 Å². The molecule has 1 aromatic heterocycles. The van der Waals surface area contributed by atoms with Gasteiger partial charge < -0.3 is 21.3 Å². The summed E-state index contributed by atoms with van der Waals surface area (Å²) in [4.78, 5) is 29.7. The fourth-order valence-electron chi connectivity index (χ4n) is 1.67. The van der Waals surface area contributed by atoms with Gasteiger partial charge in [-0.3, -0.25) is 9.59 Å². The number of hydrogen-bond donors (Lipinski definition) is 3. The van der Waals surface area contributed by atoms with E-state index in [2.05, 4.69) is 15.6 Å². The first-order valence-corrected chi connectivity index (χ1v) is 7.38. The second-order valence-corrected chi connectivity index (χ2v) is 5.77. The molecule has 1 saturated carbocycles. The Morgan fingerprint density at radius 1 is 1.50 bits per heavy atom. The third-order valence-corrected chi connectivity index (χ3v) is 3.86. The Balaban J connectivity index is 1.96. The molecule has 0 saturated heterocycles. The van der Waals surface area contributed by atoms with Crippen molar-refractivity contribution >= 4 is 34.1 Å². The van der Waals surface area contributed by atoms with Crippen LogP contribution < -0.4 is 16.4 Å². The molecule has 20 heavy (non-hydrogen) atoms. The van der Waals surface area contributed by atoms with Crippen molar-refractivity contribution in [3.8, 4) is 0 Å². The van der Waals surface area contributed by atoms with E-state index in [0.717, 1.165) is 12.8 Å². The van der Waals surface area contributed by atoms with Crippen LogP contribution in [0.15, 0.2) is 0 Å². The monoisotopic (exact) mass is 297 g/mol. The molecule has 4 N–H and O–H groups in total. The predicted molar refractivity (Wildman–Crippen MR) is 78.8 cm³/mol. The lowest BCUT2D eigenvalue weighted by atomic mass is 10.4. The van der Waals surface area contributed by atoms with Crippen LogP contribution >= 0.6 is 11.3 Å². The quantitative estimate of drug-likeness (QED) is 0.710. The van der Waals surface area contributed by atoms with Gasteiger partial charge in [-0.1, -0.05) is 11.3 Å². The van der Waals surface area contributed by atoms with E-state index in [1.54, 1.807) is 7.05 Å². The molecular formula is C12H19N5O2S. The van der Waals surface area contributed by atoms with E-state index in [1.807, 2.05) is 6.92 Å². The average Bonchev–Trinajstić information content (AvgIpc) is 3.11. The number of rotatable bonds is 6. The molecule has 1 fully saturated rings. The number of thiazole rings is 1. The molecule has 1 aromatic rings. The lowest BCUT2D eigenvalue weighted by Gasteiger charge is -2.15. The summed E-state index contributed by atoms with van der Waals surface area (Å²) in [6.07, 6.45) is 2.05. The van der Waals surface area contributed by atoms with Crippen LogP contribution in [0.3, 0.4) is 0 Å². The summed E-state index contributed by atoms with van der Waals surface area (Å²) in [5, 5.41) is 6.47. The Morgan fingerprint density at radius 2 is 2.20 bits per heavy atom. The molecule has 110 valence electrons. The first kappa shape index (κ1) is 14.6. The van der Waals surface area contributed by atoms with Crippen LogP contribution in [-0.2, 0) is 4.79 Å². The zero-order valence-corrected chi connectivity index (χ0v) is 12.4. The van der Waals surface area contributed by atoms with Crippen molar-refractivity contribution in [1.29, 1.82) is 0 Å². The number of hydrogen-bond acceptors (Lipinski definition) is 6. The minimum absolute atomic E-state index is 0.0310. The van der Waals surface area contributed by atoms with Crippen molar-refractivity contribution in [1.82, 2.24) is 15.2 Å². The lowest BCUT2D eigenvalue weighted by molar-refractivity contribution is -0.121. The Labute approximate surface area is 121 Å². The summed E-state index contributed by atoms with van der Waals surface area (Å²) in [5.41, 5.74) is 5.74. The highest BCUT2D eigenvalue weighted by Crippen LogP contribution is 2.26. The molecule has 1 aliphatic rings. The molecule has 8 heteroatoms. The van der Waals surface area contributed by atoms with E-state index in [4.69, 9.17) is 5.73 Å². The number of carbonyl (C=O) groups is 2. The highest BCUT2D eigenvalue weighted by atomic mass is 32.1. The topological polar surface area (TPSA) is 100 Å². The van der Waals surface area contributed by atoms with Crippen molar-refractivity contribution in [2.45, 2.75) is 25.8 Å². The molecule has 1 heterocycles. The van der Waals surface area contributed by atoms with Gasteiger partial charge in [0.1, 0.15) is 10.7 Å². The Morgan fingerprint density at radius 3 is 2.80 bits per heavy atom. The van der Waals surface area contributed by atoms with Gasteiger partial charge in [0, 0.05) is 19.6 Å². The summed E-state index contributed by atoms with van der Waals surface area (Å²) < 4.78 is 0. The maximum absolute atomic E-state index is 12.2. The van der Waals surface area contributed by atoms with E-state index in [1.165, 1.54) is 16.2 Å². The fraction of sp³-hybridized carbons (Fsp3) is 0.583. The van der Waals surface area contributed by atoms with Gasteiger partial charge in [0.15, 0.2) is 5.13 Å². The minimum atomic E-state index is -0.282. The van der Waals surface area contributed by atoms with Gasteiger partial charge in [0.25, 0.3) is 5.91 Å². The summed E-state index contributed by atoms with van der Waals surface area (Å²) in [6, 6.07) is 0.292. The van der Waals surface area contributed by atoms with E-state index >= 15 is 0 Å². The van der Waals surface area contributed by atoms with E-state index in [9.17, 15) is 9.59 Å². The molecule has 7 nitrogen and oxygen atoms in total. The van der Waals surface area contributed by atoms with Gasteiger partial charge in [-0.05, 0) is 19.8 Å². The van der Waals surface area contributed by atoms with Crippen LogP contribution in [0.4, 0.5) is 10.9 Å². The highest BCUT2D eigenvalue weighted by Gasteiger charge is 2.25. The number of amides is 2. The number of carbonyl (C=O) groups excluding carboxylic acids is 2. The van der Waals surface area contributed by atoms with Gasteiger partial charge in [-0.25, -0.2) is 4.98 Å². The smallest absolute Gasteiger partial charge is 0.268 e. The molecule has 0 aromatic carbocycles. The molecule has 1 aliphatic carbocycles. The van der Waals surface area contributed by atoms with Gasteiger partial charge in [0.2, 0.25) is 5.91 Å². The van der Waals surface area contributed by atoms with Crippen LogP contribution in [0.2, 0.25) is 0 Å². The number of nitrogens with zero attached hydrogens (tertiary/aromatic N) is 2. The highest BCUT2D eigenvalue weighted by molar-refractivity contribution is 7.18. The second kappa shape index (κ2) is 6.08. The fourth-order valence-corrected chi connectivity index (χ4v) is 2.62. The molecule has 2 rings (SSSR count). The molecule has 2 amide bonds. The van der Waals surface area contributed by atoms with Crippen molar-refractivity contribution in [3.05, 3.63) is 4.88 Å².